The van der Waals surface area contributed by atoms with Crippen LogP contribution >= 0.6 is 0 Å². The van der Waals surface area contributed by atoms with Crippen molar-refractivity contribution in [3.63, 3.8) is 0 Å². The fraction of sp³-hybridized carbons (Fsp3) is 0.222. The summed E-state index contributed by atoms with van der Waals surface area (Å²) in [4.78, 5) is 23.0. The van der Waals surface area contributed by atoms with Crippen molar-refractivity contribution in [3.05, 3.63) is 60.2 Å². The Balaban J connectivity index is 1.64. The molecule has 25 heavy (non-hydrogen) atoms. The van der Waals surface area contributed by atoms with Crippen molar-refractivity contribution in [2.45, 2.75) is 19.5 Å². The molecule has 7 nitrogen and oxygen atoms in total. The van der Waals surface area contributed by atoms with Crippen molar-refractivity contribution in [2.75, 3.05) is 6.54 Å². The highest BCUT2D eigenvalue weighted by atomic mass is 16.3. The summed E-state index contributed by atoms with van der Waals surface area (Å²) < 4.78 is 1.86. The van der Waals surface area contributed by atoms with Crippen LogP contribution in [0.4, 0.5) is 0 Å². The summed E-state index contributed by atoms with van der Waals surface area (Å²) in [6.07, 6.45) is 2.77. The fourth-order valence-corrected chi connectivity index (χ4v) is 3.06. The van der Waals surface area contributed by atoms with Gasteiger partial charge in [0.1, 0.15) is 11.6 Å². The Morgan fingerprint density at radius 1 is 1.20 bits per heavy atom. The molecule has 0 aliphatic carbocycles. The van der Waals surface area contributed by atoms with Gasteiger partial charge >= 0.3 is 0 Å². The first-order chi connectivity index (χ1) is 12.1. The lowest BCUT2D eigenvalue weighted by Gasteiger charge is -2.32. The molecule has 0 saturated carbocycles. The summed E-state index contributed by atoms with van der Waals surface area (Å²) in [7, 11) is 0. The topological polar surface area (TPSA) is 84.1 Å². The first kappa shape index (κ1) is 15.3. The number of carbonyl (C=O) groups is 1. The highest BCUT2D eigenvalue weighted by Gasteiger charge is 2.31. The standard InChI is InChI=1S/C18H17N5O2/c1-12-17-20-16(13-5-3-2-4-6-13)21-23(17)8-7-22(12)18(25)14-9-15(24)11-19-10-14/h2-6,9-12,24H,7-8H2,1H3/t12-/m0/s1. The van der Waals surface area contributed by atoms with Gasteiger partial charge in [0.25, 0.3) is 5.91 Å². The molecule has 1 N–H and O–H groups in total. The number of fused-ring (bicyclic) bond motifs is 1. The van der Waals surface area contributed by atoms with Crippen molar-refractivity contribution in [2.24, 2.45) is 0 Å². The van der Waals surface area contributed by atoms with Crippen LogP contribution in [-0.4, -0.2) is 42.2 Å². The number of carbonyl (C=O) groups excluding carboxylic acids is 1. The van der Waals surface area contributed by atoms with Gasteiger partial charge in [0, 0.05) is 18.3 Å². The maximum Gasteiger partial charge on any atom is 0.256 e. The summed E-state index contributed by atoms with van der Waals surface area (Å²) in [5, 5.41) is 14.1. The average Bonchev–Trinajstić information content (AvgIpc) is 3.08. The molecular weight excluding hydrogens is 318 g/mol. The monoisotopic (exact) mass is 335 g/mol. The van der Waals surface area contributed by atoms with Crippen LogP contribution in [-0.2, 0) is 6.54 Å². The molecule has 0 radical (unpaired) electrons. The molecule has 1 amide bonds. The van der Waals surface area contributed by atoms with Gasteiger partial charge in [0.15, 0.2) is 5.82 Å². The Hall–Kier alpha value is -3.22. The normalized spacial score (nSPS) is 16.5. The lowest BCUT2D eigenvalue weighted by Crippen LogP contribution is -2.41. The van der Waals surface area contributed by atoms with E-state index in [9.17, 15) is 9.90 Å². The molecular formula is C18H17N5O2. The van der Waals surface area contributed by atoms with E-state index < -0.39 is 0 Å². The van der Waals surface area contributed by atoms with E-state index >= 15 is 0 Å². The van der Waals surface area contributed by atoms with Crippen LogP contribution in [0.3, 0.4) is 0 Å². The fourth-order valence-electron chi connectivity index (χ4n) is 3.06. The first-order valence-corrected chi connectivity index (χ1v) is 8.08. The quantitative estimate of drug-likeness (QED) is 0.776. The maximum absolute atomic E-state index is 12.8. The van der Waals surface area contributed by atoms with Crippen molar-refractivity contribution in [3.8, 4) is 17.1 Å². The van der Waals surface area contributed by atoms with Gasteiger partial charge in [-0.2, -0.15) is 5.10 Å². The van der Waals surface area contributed by atoms with Gasteiger partial charge in [-0.15, -0.1) is 0 Å². The molecule has 1 aliphatic rings. The number of amides is 1. The van der Waals surface area contributed by atoms with E-state index in [0.29, 0.717) is 24.5 Å². The number of benzene rings is 1. The predicted molar refractivity (Wildman–Crippen MR) is 90.8 cm³/mol. The van der Waals surface area contributed by atoms with E-state index in [1.54, 1.807) is 4.90 Å². The van der Waals surface area contributed by atoms with Crippen molar-refractivity contribution >= 4 is 5.91 Å². The smallest absolute Gasteiger partial charge is 0.256 e. The molecule has 4 rings (SSSR count). The zero-order valence-electron chi connectivity index (χ0n) is 13.7. The second-order valence-electron chi connectivity index (χ2n) is 5.99. The number of aromatic nitrogens is 4. The highest BCUT2D eigenvalue weighted by Crippen LogP contribution is 2.27. The van der Waals surface area contributed by atoms with Gasteiger partial charge in [-0.3, -0.25) is 9.78 Å². The Bertz CT molecular complexity index is 922. The van der Waals surface area contributed by atoms with Crippen molar-refractivity contribution < 1.29 is 9.90 Å². The zero-order chi connectivity index (χ0) is 17.4. The van der Waals surface area contributed by atoms with Gasteiger partial charge in [-0.1, -0.05) is 30.3 Å². The Morgan fingerprint density at radius 2 is 2.00 bits per heavy atom. The highest BCUT2D eigenvalue weighted by molar-refractivity contribution is 5.94. The maximum atomic E-state index is 12.8. The molecule has 2 aromatic heterocycles. The van der Waals surface area contributed by atoms with E-state index in [-0.39, 0.29) is 17.7 Å². The molecule has 1 aromatic carbocycles. The largest absolute Gasteiger partial charge is 0.506 e. The van der Waals surface area contributed by atoms with Crippen molar-refractivity contribution in [1.29, 1.82) is 0 Å². The van der Waals surface area contributed by atoms with E-state index in [1.165, 1.54) is 18.5 Å². The van der Waals surface area contributed by atoms with Crippen LogP contribution in [0.2, 0.25) is 0 Å². The van der Waals surface area contributed by atoms with Crippen LogP contribution in [0.25, 0.3) is 11.4 Å². The van der Waals surface area contributed by atoms with Gasteiger partial charge < -0.3 is 10.0 Å². The molecule has 7 heteroatoms. The minimum absolute atomic E-state index is 0.0231. The van der Waals surface area contributed by atoms with Crippen LogP contribution < -0.4 is 0 Å². The number of hydrogen-bond donors (Lipinski definition) is 1. The lowest BCUT2D eigenvalue weighted by atomic mass is 10.1. The van der Waals surface area contributed by atoms with Crippen molar-refractivity contribution in [1.82, 2.24) is 24.6 Å². The third kappa shape index (κ3) is 2.73. The SMILES string of the molecule is C[C@H]1c2nc(-c3ccccc3)nn2CCN1C(=O)c1cncc(O)c1. The third-order valence-electron chi connectivity index (χ3n) is 4.36. The molecule has 3 aromatic rings. The van der Waals surface area contributed by atoms with Gasteiger partial charge in [0.2, 0.25) is 0 Å². The predicted octanol–water partition coefficient (Wildman–Crippen LogP) is 2.26. The molecule has 0 saturated heterocycles. The summed E-state index contributed by atoms with van der Waals surface area (Å²) in [5.41, 5.74) is 1.31. The summed E-state index contributed by atoms with van der Waals surface area (Å²) in [5.74, 6) is 1.22. The first-order valence-electron chi connectivity index (χ1n) is 8.08. The molecule has 126 valence electrons. The minimum Gasteiger partial charge on any atom is -0.506 e. The van der Waals surface area contributed by atoms with E-state index in [4.69, 9.17) is 0 Å². The van der Waals surface area contributed by atoms with Crippen LogP contribution in [0, 0.1) is 0 Å². The Labute approximate surface area is 144 Å². The average molecular weight is 335 g/mol. The lowest BCUT2D eigenvalue weighted by molar-refractivity contribution is 0.0630. The minimum atomic E-state index is -0.214. The third-order valence-corrected chi connectivity index (χ3v) is 4.36. The van der Waals surface area contributed by atoms with Crippen LogP contribution in [0.5, 0.6) is 5.75 Å². The zero-order valence-corrected chi connectivity index (χ0v) is 13.7. The van der Waals surface area contributed by atoms with Gasteiger partial charge in [0.05, 0.1) is 24.3 Å². The second-order valence-corrected chi connectivity index (χ2v) is 5.99. The van der Waals surface area contributed by atoms with Gasteiger partial charge in [-0.05, 0) is 13.0 Å². The Morgan fingerprint density at radius 3 is 2.76 bits per heavy atom. The second kappa shape index (κ2) is 6.01. The Kier molecular flexibility index (Phi) is 3.68. The molecule has 0 bridgehead atoms. The van der Waals surface area contributed by atoms with Crippen LogP contribution in [0.1, 0.15) is 29.1 Å². The molecule has 0 spiro atoms. The molecule has 1 atom stereocenters. The summed E-state index contributed by atoms with van der Waals surface area (Å²) >= 11 is 0. The van der Waals surface area contributed by atoms with E-state index in [0.717, 1.165) is 11.4 Å². The molecule has 1 aliphatic heterocycles. The summed E-state index contributed by atoms with van der Waals surface area (Å²) in [6, 6.07) is 11.0. The number of rotatable bonds is 2. The van der Waals surface area contributed by atoms with E-state index in [2.05, 4.69) is 15.1 Å². The number of aromatic hydroxyl groups is 1. The molecule has 0 fully saturated rings. The number of pyridine rings is 1. The summed E-state index contributed by atoms with van der Waals surface area (Å²) in [6.45, 7) is 3.04. The van der Waals surface area contributed by atoms with Gasteiger partial charge in [-0.25, -0.2) is 9.67 Å². The number of hydrogen-bond acceptors (Lipinski definition) is 5. The van der Waals surface area contributed by atoms with Crippen LogP contribution in [0.15, 0.2) is 48.8 Å². The molecule has 3 heterocycles. The molecule has 0 unspecified atom stereocenters. The number of nitrogens with zero attached hydrogens (tertiary/aromatic N) is 5. The van der Waals surface area contributed by atoms with E-state index in [1.807, 2.05) is 41.9 Å².